The molecule has 0 aliphatic carbocycles. The summed E-state index contributed by atoms with van der Waals surface area (Å²) in [6, 6.07) is 24.7. The molecule has 4 aliphatic rings. The van der Waals surface area contributed by atoms with E-state index >= 15 is 0 Å². The third kappa shape index (κ3) is 9.89. The van der Waals surface area contributed by atoms with Gasteiger partial charge in [-0.3, -0.25) is 29.3 Å². The first-order valence-electron chi connectivity index (χ1n) is 23.6. The highest BCUT2D eigenvalue weighted by atomic mass is 16.2. The van der Waals surface area contributed by atoms with E-state index in [-0.39, 0.29) is 30.2 Å². The van der Waals surface area contributed by atoms with Crippen LogP contribution in [-0.4, -0.2) is 102 Å². The lowest BCUT2D eigenvalue weighted by Gasteiger charge is -2.32. The Balaban J connectivity index is 0.709. The molecule has 0 spiro atoms. The van der Waals surface area contributed by atoms with E-state index in [1.54, 1.807) is 4.68 Å². The Labute approximate surface area is 381 Å². The molecule has 9 rings (SSSR count). The average molecular weight is 876 g/mol. The van der Waals surface area contributed by atoms with E-state index in [2.05, 4.69) is 91.6 Å². The molecule has 5 heterocycles. The summed E-state index contributed by atoms with van der Waals surface area (Å²) in [6.07, 6.45) is 6.68. The van der Waals surface area contributed by atoms with Crippen LogP contribution in [0.4, 0.5) is 16.3 Å². The van der Waals surface area contributed by atoms with E-state index in [0.717, 1.165) is 128 Å². The number of imide groups is 1. The highest BCUT2D eigenvalue weighted by Gasteiger charge is 2.30. The van der Waals surface area contributed by atoms with Gasteiger partial charge in [0.15, 0.2) is 5.82 Å². The second-order valence-electron chi connectivity index (χ2n) is 18.4. The van der Waals surface area contributed by atoms with Gasteiger partial charge in [0.05, 0.1) is 17.6 Å². The second kappa shape index (κ2) is 19.5. The Kier molecular flexibility index (Phi) is 13.2. The Morgan fingerprint density at radius 1 is 0.877 bits per heavy atom. The largest absolute Gasteiger partial charge is 0.380 e. The summed E-state index contributed by atoms with van der Waals surface area (Å²) in [5.41, 5.74) is 6.88. The number of aromatic nitrogens is 2. The molecule has 4 fully saturated rings. The number of benzene rings is 4. The molecule has 13 heteroatoms. The van der Waals surface area contributed by atoms with Crippen LogP contribution in [0, 0.1) is 24.7 Å². The van der Waals surface area contributed by atoms with Gasteiger partial charge in [0.2, 0.25) is 11.8 Å². The molecule has 4 N–H and O–H groups in total. The maximum absolute atomic E-state index is 13.5. The number of aryl methyl sites for hydroxylation is 2. The van der Waals surface area contributed by atoms with E-state index in [1.165, 1.54) is 10.5 Å². The van der Waals surface area contributed by atoms with Crippen LogP contribution in [0.25, 0.3) is 21.7 Å². The third-order valence-corrected chi connectivity index (χ3v) is 14.0. The van der Waals surface area contributed by atoms with E-state index in [0.29, 0.717) is 42.2 Å². The van der Waals surface area contributed by atoms with E-state index in [9.17, 15) is 19.2 Å². The van der Waals surface area contributed by atoms with Crippen LogP contribution in [0.1, 0.15) is 103 Å². The Hall–Kier alpha value is -6.23. The van der Waals surface area contributed by atoms with Crippen molar-refractivity contribution in [3.05, 3.63) is 101 Å². The summed E-state index contributed by atoms with van der Waals surface area (Å²) >= 11 is 0. The number of nitrogens with one attached hydrogen (secondary N) is 4. The lowest BCUT2D eigenvalue weighted by molar-refractivity contribution is -0.132. The zero-order valence-corrected chi connectivity index (χ0v) is 37.9. The van der Waals surface area contributed by atoms with Gasteiger partial charge >= 0.3 is 6.03 Å². The number of hydrogen-bond donors (Lipinski definition) is 4. The SMILES string of the molecule is Cc1ccc(NC2CNC2)cc1C(=O)NC(C)c1ccc(C#CC2CCN(CCCCC(=O)N3CCC(c4ccc5c(N6CCC(=O)NC6=O)nn(C)c5c4)CC3)CC2)c2ccccc12. The van der Waals surface area contributed by atoms with Crippen molar-refractivity contribution in [3.8, 4) is 11.8 Å². The number of rotatable bonds is 12. The van der Waals surface area contributed by atoms with Gasteiger partial charge in [0.25, 0.3) is 5.91 Å². The number of nitrogens with zero attached hydrogens (tertiary/aromatic N) is 5. The number of unbranched alkanes of at least 4 members (excludes halogenated alkanes) is 1. The van der Waals surface area contributed by atoms with Crippen molar-refractivity contribution in [3.63, 3.8) is 0 Å². The van der Waals surface area contributed by atoms with E-state index < -0.39 is 6.03 Å². The van der Waals surface area contributed by atoms with Crippen LogP contribution in [0.2, 0.25) is 0 Å². The monoisotopic (exact) mass is 875 g/mol. The number of piperidine rings is 2. The molecule has 0 radical (unpaired) electrons. The molecular weight excluding hydrogens is 815 g/mol. The first kappa shape index (κ1) is 44.0. The number of anilines is 2. The highest BCUT2D eigenvalue weighted by molar-refractivity contribution is 6.09. The number of carbonyl (C=O) groups excluding carboxylic acids is 4. The minimum absolute atomic E-state index is 0.0758. The number of hydrogen-bond acceptors (Lipinski definition) is 8. The highest BCUT2D eigenvalue weighted by Crippen LogP contribution is 2.34. The molecule has 5 amide bonds. The standard InChI is InChI=1S/C52H61N9O4/c1-34-11-16-40(55-41-32-53-33-41)31-46(34)51(64)54-35(2)42-17-14-38(43-8-4-5-9-44(42)43)13-12-36-19-25-59(26-20-36)24-7-6-10-49(63)60-27-21-37(22-28-60)39-15-18-45-47(30-39)58(3)57-50(45)61-29-23-48(62)56-52(61)65/h4-5,8-9,11,14-18,30-31,35-37,41,53,55H,6-7,10,19-29,32-33H2,1-3H3,(H,54,64)(H,56,62,65). The van der Waals surface area contributed by atoms with Crippen molar-refractivity contribution in [2.24, 2.45) is 13.0 Å². The number of likely N-dealkylation sites (tertiary alicyclic amines) is 2. The second-order valence-corrected chi connectivity index (χ2v) is 18.4. The number of carbonyl (C=O) groups is 4. The van der Waals surface area contributed by atoms with Crippen molar-refractivity contribution < 1.29 is 19.2 Å². The van der Waals surface area contributed by atoms with Gasteiger partial charge in [-0.05, 0) is 136 Å². The summed E-state index contributed by atoms with van der Waals surface area (Å²) in [5, 5.41) is 20.2. The quantitative estimate of drug-likeness (QED) is 0.0776. The molecular formula is C52H61N9O4. The first-order valence-corrected chi connectivity index (χ1v) is 23.6. The van der Waals surface area contributed by atoms with Gasteiger partial charge in [-0.15, -0.1) is 0 Å². The fourth-order valence-corrected chi connectivity index (χ4v) is 9.93. The lowest BCUT2D eigenvalue weighted by Crippen LogP contribution is -2.51. The molecule has 0 saturated carbocycles. The predicted octanol–water partition coefficient (Wildman–Crippen LogP) is 7.00. The number of fused-ring (bicyclic) bond motifs is 2. The normalized spacial score (nSPS) is 18.3. The summed E-state index contributed by atoms with van der Waals surface area (Å²) < 4.78 is 1.80. The van der Waals surface area contributed by atoms with Gasteiger partial charge in [-0.2, -0.15) is 5.10 Å². The predicted molar refractivity (Wildman–Crippen MR) is 256 cm³/mol. The zero-order valence-electron chi connectivity index (χ0n) is 37.9. The minimum Gasteiger partial charge on any atom is -0.380 e. The summed E-state index contributed by atoms with van der Waals surface area (Å²) in [6.45, 7) is 10.8. The fraction of sp³-hybridized carbons (Fsp3) is 0.442. The minimum atomic E-state index is -0.433. The van der Waals surface area contributed by atoms with Gasteiger partial charge in [-0.1, -0.05) is 54.3 Å². The Morgan fingerprint density at radius 2 is 1.66 bits per heavy atom. The van der Waals surface area contributed by atoms with Crippen LogP contribution >= 0.6 is 0 Å². The molecule has 5 aromatic rings. The third-order valence-electron chi connectivity index (χ3n) is 14.0. The average Bonchev–Trinajstić information content (AvgIpc) is 3.63. The van der Waals surface area contributed by atoms with Crippen molar-refractivity contribution in [2.75, 3.05) is 62.6 Å². The summed E-state index contributed by atoms with van der Waals surface area (Å²) in [7, 11) is 1.88. The van der Waals surface area contributed by atoms with Crippen LogP contribution in [0.15, 0.2) is 72.8 Å². The van der Waals surface area contributed by atoms with Gasteiger partial charge in [0, 0.05) is 80.7 Å². The molecule has 1 atom stereocenters. The van der Waals surface area contributed by atoms with E-state index in [1.807, 2.05) is 50.1 Å². The van der Waals surface area contributed by atoms with Gasteiger partial charge in [0.1, 0.15) is 0 Å². The molecule has 0 bridgehead atoms. The number of urea groups is 1. The van der Waals surface area contributed by atoms with Crippen molar-refractivity contribution >= 4 is 56.9 Å². The maximum Gasteiger partial charge on any atom is 0.329 e. The van der Waals surface area contributed by atoms with Gasteiger partial charge < -0.3 is 25.8 Å². The van der Waals surface area contributed by atoms with Crippen LogP contribution in [0.3, 0.4) is 0 Å². The zero-order chi connectivity index (χ0) is 45.0. The summed E-state index contributed by atoms with van der Waals surface area (Å²) in [4.78, 5) is 57.1. The molecule has 1 aromatic heterocycles. The smallest absolute Gasteiger partial charge is 0.329 e. The molecule has 1 unspecified atom stereocenters. The molecule has 65 heavy (non-hydrogen) atoms. The molecule has 338 valence electrons. The molecule has 4 aliphatic heterocycles. The molecule has 4 aromatic carbocycles. The van der Waals surface area contributed by atoms with E-state index in [4.69, 9.17) is 0 Å². The first-order chi connectivity index (χ1) is 31.6. The van der Waals surface area contributed by atoms with Gasteiger partial charge in [-0.25, -0.2) is 4.79 Å². The molecule has 4 saturated heterocycles. The lowest BCUT2D eigenvalue weighted by atomic mass is 9.89. The van der Waals surface area contributed by atoms with Crippen LogP contribution < -0.4 is 26.2 Å². The fourth-order valence-electron chi connectivity index (χ4n) is 9.93. The van der Waals surface area contributed by atoms with Crippen LogP contribution in [-0.2, 0) is 16.6 Å². The Bertz CT molecular complexity index is 2660. The van der Waals surface area contributed by atoms with Crippen molar-refractivity contribution in [1.82, 2.24) is 35.5 Å². The van der Waals surface area contributed by atoms with Crippen molar-refractivity contribution in [2.45, 2.75) is 83.2 Å². The molecule has 13 nitrogen and oxygen atoms in total. The Morgan fingerprint density at radius 3 is 2.42 bits per heavy atom. The van der Waals surface area contributed by atoms with Crippen molar-refractivity contribution in [1.29, 1.82) is 0 Å². The topological polar surface area (TPSA) is 144 Å². The summed E-state index contributed by atoms with van der Waals surface area (Å²) in [5.74, 6) is 8.34. The van der Waals surface area contributed by atoms with Crippen LogP contribution in [0.5, 0.6) is 0 Å². The number of amides is 5. The maximum atomic E-state index is 13.5.